The highest BCUT2D eigenvalue weighted by Crippen LogP contribution is 2.06. The van der Waals surface area contributed by atoms with Gasteiger partial charge in [0.25, 0.3) is 0 Å². The molecule has 3 heteroatoms. The van der Waals surface area contributed by atoms with E-state index in [1.807, 2.05) is 0 Å². The van der Waals surface area contributed by atoms with Crippen LogP contribution in [0, 0.1) is 0 Å². The van der Waals surface area contributed by atoms with E-state index in [2.05, 4.69) is 0 Å². The van der Waals surface area contributed by atoms with Gasteiger partial charge in [0, 0.05) is 5.38 Å². The summed E-state index contributed by atoms with van der Waals surface area (Å²) in [5.74, 6) is 0. The summed E-state index contributed by atoms with van der Waals surface area (Å²) in [6, 6.07) is 0. The molecule has 0 bridgehead atoms. The van der Waals surface area contributed by atoms with Crippen LogP contribution < -0.4 is 0 Å². The van der Waals surface area contributed by atoms with Crippen LogP contribution in [0.2, 0.25) is 0 Å². The van der Waals surface area contributed by atoms with Crippen LogP contribution in [0.25, 0.3) is 0 Å². The van der Waals surface area contributed by atoms with Crippen molar-refractivity contribution in [1.29, 1.82) is 0 Å². The maximum Gasteiger partial charge on any atom is 0.1000 e. The van der Waals surface area contributed by atoms with Gasteiger partial charge in [-0.05, 0) is 6.92 Å². The Balaban J connectivity index is 3.14. The molecule has 0 saturated heterocycles. The molecule has 0 spiro atoms. The minimum atomic E-state index is -0.415. The summed E-state index contributed by atoms with van der Waals surface area (Å²) in [5.41, 5.74) is 0. The molecule has 0 heterocycles. The van der Waals surface area contributed by atoms with Gasteiger partial charge in [-0.1, -0.05) is 0 Å². The molecule has 0 aliphatic carbocycles. The highest BCUT2D eigenvalue weighted by atomic mass is 35.5. The van der Waals surface area contributed by atoms with Crippen LogP contribution >= 0.6 is 23.2 Å². The summed E-state index contributed by atoms with van der Waals surface area (Å²) in [5, 5.41) is 9.23. The summed E-state index contributed by atoms with van der Waals surface area (Å²) in [6.45, 7) is 1.41. The second-order valence-electron chi connectivity index (χ2n) is 1.36. The van der Waals surface area contributed by atoms with Crippen LogP contribution in [0.4, 0.5) is 0 Å². The largest absolute Gasteiger partial charge is 0.235 e. The van der Waals surface area contributed by atoms with Crippen molar-refractivity contribution in [3.63, 3.8) is 0 Å². The molecule has 0 fully saturated rings. The zero-order chi connectivity index (χ0) is 5.86. The van der Waals surface area contributed by atoms with Gasteiger partial charge in [0.05, 0.1) is 12.0 Å². The predicted octanol–water partition coefficient (Wildman–Crippen LogP) is 1.65. The highest BCUT2D eigenvalue weighted by Gasteiger charge is 2.08. The third kappa shape index (κ3) is 3.15. The number of rotatable bonds is 2. The van der Waals surface area contributed by atoms with Crippen molar-refractivity contribution in [3.8, 4) is 0 Å². The molecular weight excluding hydrogens is 135 g/mol. The van der Waals surface area contributed by atoms with E-state index in [9.17, 15) is 5.11 Å². The molecule has 0 aliphatic heterocycles. The molecule has 43 valence electrons. The van der Waals surface area contributed by atoms with Gasteiger partial charge in [0.1, 0.15) is 0 Å². The number of halogens is 2. The highest BCUT2D eigenvalue weighted by molar-refractivity contribution is 6.29. The molecule has 0 aromatic rings. The molecule has 0 aromatic carbocycles. The van der Waals surface area contributed by atoms with Crippen LogP contribution in [0.15, 0.2) is 0 Å². The topological polar surface area (TPSA) is 19.9 Å². The molecule has 2 atom stereocenters. The zero-order valence-electron chi connectivity index (χ0n) is 4.03. The minimum absolute atomic E-state index is 0.209. The lowest BCUT2D eigenvalue weighted by molar-refractivity contribution is 0.192. The Bertz CT molecular complexity index is 47.0. The van der Waals surface area contributed by atoms with Crippen molar-refractivity contribution in [2.75, 3.05) is 6.61 Å². The predicted molar refractivity (Wildman–Crippen MR) is 30.5 cm³/mol. The first kappa shape index (κ1) is 7.54. The Morgan fingerprint density at radius 2 is 2.00 bits per heavy atom. The molecular formula is C4H7Cl2O. The average Bonchev–Trinajstić information content (AvgIpc) is 1.65. The fourth-order valence-corrected chi connectivity index (χ4v) is 0.205. The Hall–Kier alpha value is 0.540. The summed E-state index contributed by atoms with van der Waals surface area (Å²) in [6.07, 6.45) is 0. The van der Waals surface area contributed by atoms with Gasteiger partial charge in [0.2, 0.25) is 0 Å². The summed E-state index contributed by atoms with van der Waals surface area (Å²) < 4.78 is 0. The molecule has 1 nitrogen and oxygen atoms in total. The van der Waals surface area contributed by atoms with Crippen molar-refractivity contribution in [3.05, 3.63) is 0 Å². The van der Waals surface area contributed by atoms with Gasteiger partial charge in [-0.3, -0.25) is 0 Å². The van der Waals surface area contributed by atoms with E-state index in [0.717, 1.165) is 0 Å². The lowest BCUT2D eigenvalue weighted by Crippen LogP contribution is -2.13. The Labute approximate surface area is 53.2 Å². The van der Waals surface area contributed by atoms with Crippen molar-refractivity contribution in [1.82, 2.24) is 0 Å². The van der Waals surface area contributed by atoms with Crippen LogP contribution in [0.3, 0.4) is 0 Å². The van der Waals surface area contributed by atoms with Crippen LogP contribution in [-0.2, 0) is 5.11 Å². The fraction of sp³-hybridized carbons (Fsp3) is 1.00. The van der Waals surface area contributed by atoms with E-state index < -0.39 is 5.38 Å². The second-order valence-corrected chi connectivity index (χ2v) is 2.61. The third-order valence-electron chi connectivity index (χ3n) is 0.658. The van der Waals surface area contributed by atoms with Gasteiger partial charge in [-0.2, -0.15) is 0 Å². The molecule has 1 radical (unpaired) electrons. The van der Waals surface area contributed by atoms with E-state index in [-0.39, 0.29) is 12.0 Å². The van der Waals surface area contributed by atoms with Gasteiger partial charge in [-0.15, -0.1) is 23.2 Å². The Kier molecular flexibility index (Phi) is 3.80. The van der Waals surface area contributed by atoms with Crippen molar-refractivity contribution >= 4 is 23.2 Å². The molecule has 0 aliphatic rings. The lowest BCUT2D eigenvalue weighted by Gasteiger charge is -2.03. The van der Waals surface area contributed by atoms with Gasteiger partial charge >= 0.3 is 0 Å². The van der Waals surface area contributed by atoms with Crippen molar-refractivity contribution in [2.45, 2.75) is 17.7 Å². The smallest absolute Gasteiger partial charge is 0.1000 e. The average molecular weight is 142 g/mol. The monoisotopic (exact) mass is 141 g/mol. The van der Waals surface area contributed by atoms with E-state index in [1.54, 1.807) is 6.92 Å². The quantitative estimate of drug-likeness (QED) is 0.522. The standard InChI is InChI=1S/C4H7Cl2O/c1-3(5)4(6)2-7/h3-4H,2H2,1H3. The Morgan fingerprint density at radius 1 is 1.57 bits per heavy atom. The zero-order valence-corrected chi connectivity index (χ0v) is 5.54. The van der Waals surface area contributed by atoms with Crippen molar-refractivity contribution in [2.24, 2.45) is 0 Å². The SMILES string of the molecule is CC(Cl)C(Cl)C[O]. The fourth-order valence-electron chi connectivity index (χ4n) is 0.133. The molecule has 0 aromatic heterocycles. The van der Waals surface area contributed by atoms with E-state index >= 15 is 0 Å². The first-order chi connectivity index (χ1) is 3.18. The van der Waals surface area contributed by atoms with Gasteiger partial charge in [0.15, 0.2) is 0 Å². The van der Waals surface area contributed by atoms with Crippen molar-refractivity contribution < 1.29 is 5.11 Å². The van der Waals surface area contributed by atoms with E-state index in [1.165, 1.54) is 0 Å². The minimum Gasteiger partial charge on any atom is -0.235 e. The maximum atomic E-state index is 9.85. The summed E-state index contributed by atoms with van der Waals surface area (Å²) in [4.78, 5) is 0. The molecule has 2 unspecified atom stereocenters. The van der Waals surface area contributed by atoms with E-state index in [0.29, 0.717) is 0 Å². The van der Waals surface area contributed by atoms with E-state index in [4.69, 9.17) is 23.2 Å². The molecule has 7 heavy (non-hydrogen) atoms. The van der Waals surface area contributed by atoms with Crippen LogP contribution in [0.5, 0.6) is 0 Å². The van der Waals surface area contributed by atoms with Crippen LogP contribution in [-0.4, -0.2) is 17.4 Å². The maximum absolute atomic E-state index is 9.85. The normalized spacial score (nSPS) is 18.9. The molecule has 0 rings (SSSR count). The first-order valence-electron chi connectivity index (χ1n) is 2.04. The number of hydrogen-bond acceptors (Lipinski definition) is 0. The summed E-state index contributed by atoms with van der Waals surface area (Å²) in [7, 11) is 0. The van der Waals surface area contributed by atoms with Gasteiger partial charge in [-0.25, -0.2) is 5.11 Å². The van der Waals surface area contributed by atoms with Gasteiger partial charge < -0.3 is 0 Å². The first-order valence-corrected chi connectivity index (χ1v) is 2.92. The third-order valence-corrected chi connectivity index (χ3v) is 1.59. The number of alkyl halides is 2. The molecule has 0 saturated carbocycles. The number of hydrogen-bond donors (Lipinski definition) is 0. The second kappa shape index (κ2) is 3.53. The lowest BCUT2D eigenvalue weighted by atomic mass is 10.3. The molecule has 0 N–H and O–H groups in total. The van der Waals surface area contributed by atoms with Crippen LogP contribution in [0.1, 0.15) is 6.92 Å². The molecule has 0 amide bonds. The summed E-state index contributed by atoms with van der Waals surface area (Å²) >= 11 is 10.8. The Morgan fingerprint density at radius 3 is 2.00 bits per heavy atom.